The van der Waals surface area contributed by atoms with E-state index >= 15 is 0 Å². The van der Waals surface area contributed by atoms with E-state index in [2.05, 4.69) is 16.0 Å². The average Bonchev–Trinajstić information content (AvgIpc) is 3.02. The Kier molecular flexibility index (Phi) is 16.8. The van der Waals surface area contributed by atoms with Crippen molar-refractivity contribution in [3.8, 4) is 0 Å². The van der Waals surface area contributed by atoms with Gasteiger partial charge in [0, 0.05) is 25.3 Å². The minimum Gasteiger partial charge on any atom is -0.399 e. The van der Waals surface area contributed by atoms with Gasteiger partial charge in [-0.05, 0) is 59.2 Å². The van der Waals surface area contributed by atoms with Crippen molar-refractivity contribution in [1.29, 1.82) is 0 Å². The number of nitrogens with zero attached hydrogens (tertiary/aromatic N) is 1. The van der Waals surface area contributed by atoms with Crippen LogP contribution in [0.15, 0.2) is 83.8 Å². The third-order valence-corrected chi connectivity index (χ3v) is 9.31. The number of nitrogens with one attached hydrogen (secondary N) is 3. The van der Waals surface area contributed by atoms with Gasteiger partial charge in [-0.3, -0.25) is 14.1 Å². The number of amides is 2. The summed E-state index contributed by atoms with van der Waals surface area (Å²) in [4.78, 5) is 26.8. The van der Waals surface area contributed by atoms with Crippen LogP contribution in [0.5, 0.6) is 0 Å². The minimum atomic E-state index is -4.04. The first-order valence-corrected chi connectivity index (χ1v) is 19.9. The topological polar surface area (TPSA) is 208 Å². The SMILES string of the molecule is CC(C)CN(C[C@@H](O)[C@H](Cc1ccccc1)NC(=O)[C@@H](NC(=O)CNCc1cccc(F)c1)C(C)(C)C)S(=O)(=O)c1cccc(N)c1.CS(=O)(=O)O. The first kappa shape index (κ1) is 44.2. The summed E-state index contributed by atoms with van der Waals surface area (Å²) in [7, 11) is -7.71. The van der Waals surface area contributed by atoms with Crippen molar-refractivity contribution < 1.29 is 40.5 Å². The van der Waals surface area contributed by atoms with Gasteiger partial charge in [0.25, 0.3) is 10.1 Å². The van der Waals surface area contributed by atoms with Gasteiger partial charge in [0.2, 0.25) is 21.8 Å². The first-order chi connectivity index (χ1) is 24.1. The van der Waals surface area contributed by atoms with Gasteiger partial charge in [-0.2, -0.15) is 12.7 Å². The third-order valence-electron chi connectivity index (χ3n) is 7.48. The highest BCUT2D eigenvalue weighted by atomic mass is 32.2. The van der Waals surface area contributed by atoms with Crippen molar-refractivity contribution in [1.82, 2.24) is 20.3 Å². The molecule has 0 bridgehead atoms. The number of nitrogens with two attached hydrogens (primary N) is 1. The molecule has 0 saturated heterocycles. The van der Waals surface area contributed by atoms with Crippen LogP contribution in [-0.2, 0) is 42.7 Å². The summed E-state index contributed by atoms with van der Waals surface area (Å²) >= 11 is 0. The molecule has 0 radical (unpaired) electrons. The predicted molar refractivity (Wildman–Crippen MR) is 199 cm³/mol. The molecule has 0 aliphatic carbocycles. The lowest BCUT2D eigenvalue weighted by Gasteiger charge is -2.34. The molecule has 52 heavy (non-hydrogen) atoms. The quantitative estimate of drug-likeness (QED) is 0.0929. The van der Waals surface area contributed by atoms with Gasteiger partial charge >= 0.3 is 0 Å². The van der Waals surface area contributed by atoms with Gasteiger partial charge < -0.3 is 26.8 Å². The van der Waals surface area contributed by atoms with E-state index in [9.17, 15) is 35.9 Å². The van der Waals surface area contributed by atoms with Crippen LogP contribution in [-0.4, -0.2) is 86.7 Å². The maximum Gasteiger partial charge on any atom is 0.261 e. The van der Waals surface area contributed by atoms with Crippen molar-refractivity contribution >= 4 is 37.6 Å². The van der Waals surface area contributed by atoms with Gasteiger partial charge in [0.15, 0.2) is 0 Å². The number of carbonyl (C=O) groups is 2. The van der Waals surface area contributed by atoms with Crippen LogP contribution in [0.4, 0.5) is 10.1 Å². The van der Waals surface area contributed by atoms with Gasteiger partial charge in [0.1, 0.15) is 11.9 Å². The van der Waals surface area contributed by atoms with Crippen LogP contribution >= 0.6 is 0 Å². The van der Waals surface area contributed by atoms with Gasteiger partial charge in [-0.25, -0.2) is 12.8 Å². The molecular weight excluding hydrogens is 714 g/mol. The van der Waals surface area contributed by atoms with Crippen molar-refractivity contribution in [2.24, 2.45) is 11.3 Å². The predicted octanol–water partition coefficient (Wildman–Crippen LogP) is 2.97. The largest absolute Gasteiger partial charge is 0.399 e. The number of anilines is 1. The van der Waals surface area contributed by atoms with Crippen LogP contribution in [0.25, 0.3) is 0 Å². The maximum absolute atomic E-state index is 13.8. The summed E-state index contributed by atoms with van der Waals surface area (Å²) < 4.78 is 68.0. The molecule has 0 aromatic heterocycles. The maximum atomic E-state index is 13.8. The normalized spacial score (nSPS) is 13.8. The number of benzene rings is 3. The fraction of sp³-hybridized carbons (Fsp3) is 0.444. The van der Waals surface area contributed by atoms with Crippen LogP contribution in [0.2, 0.25) is 0 Å². The molecule has 3 aromatic carbocycles. The monoisotopic (exact) mass is 765 g/mol. The van der Waals surface area contributed by atoms with E-state index < -0.39 is 55.6 Å². The lowest BCUT2D eigenvalue weighted by atomic mass is 9.85. The van der Waals surface area contributed by atoms with E-state index in [4.69, 9.17) is 10.3 Å². The minimum absolute atomic E-state index is 0.00973. The molecule has 0 fully saturated rings. The molecule has 0 heterocycles. The first-order valence-electron chi connectivity index (χ1n) is 16.6. The Hall–Kier alpha value is -3.93. The van der Waals surface area contributed by atoms with Crippen LogP contribution < -0.4 is 21.7 Å². The molecule has 0 saturated carbocycles. The second kappa shape index (κ2) is 19.8. The molecule has 0 unspecified atom stereocenters. The number of rotatable bonds is 16. The number of halogens is 1. The Morgan fingerprint density at radius 3 is 2.04 bits per heavy atom. The van der Waals surface area contributed by atoms with E-state index in [1.54, 1.807) is 24.3 Å². The zero-order valence-electron chi connectivity index (χ0n) is 30.4. The fourth-order valence-corrected chi connectivity index (χ4v) is 6.79. The summed E-state index contributed by atoms with van der Waals surface area (Å²) in [5.74, 6) is -1.40. The third kappa shape index (κ3) is 16.2. The molecule has 3 aromatic rings. The number of aliphatic hydroxyl groups excluding tert-OH is 1. The smallest absolute Gasteiger partial charge is 0.261 e. The van der Waals surface area contributed by atoms with Crippen molar-refractivity contribution in [2.75, 3.05) is 31.6 Å². The van der Waals surface area contributed by atoms with Gasteiger partial charge in [-0.1, -0.05) is 83.1 Å². The van der Waals surface area contributed by atoms with Crippen molar-refractivity contribution in [3.05, 3.63) is 95.8 Å². The number of hydrogen-bond donors (Lipinski definition) is 6. The van der Waals surface area contributed by atoms with E-state index in [0.29, 0.717) is 17.5 Å². The second-order valence-corrected chi connectivity index (χ2v) is 17.4. The number of aliphatic hydroxyl groups is 1. The number of carbonyl (C=O) groups excluding carboxylic acids is 2. The average molecular weight is 766 g/mol. The molecule has 0 aliphatic heterocycles. The lowest BCUT2D eigenvalue weighted by molar-refractivity contribution is -0.132. The highest BCUT2D eigenvalue weighted by Gasteiger charge is 2.36. The van der Waals surface area contributed by atoms with Gasteiger partial charge in [0.05, 0.1) is 29.8 Å². The number of hydrogen-bond acceptors (Lipinski definition) is 9. The van der Waals surface area contributed by atoms with E-state index in [0.717, 1.165) is 5.56 Å². The van der Waals surface area contributed by atoms with Crippen LogP contribution in [0, 0.1) is 17.2 Å². The van der Waals surface area contributed by atoms with E-state index in [-0.39, 0.29) is 49.2 Å². The Bertz CT molecular complexity index is 1810. The Balaban J connectivity index is 0.00000175. The highest BCUT2D eigenvalue weighted by Crippen LogP contribution is 2.23. The summed E-state index contributed by atoms with van der Waals surface area (Å²) in [6, 6.07) is 19.4. The standard InChI is InChI=1S/C35H48FN5O5S.CH4O3S/c1-24(2)22-41(47(45,46)29-16-10-15-28(37)19-29)23-31(42)30(18-25-11-7-6-8-12-25)39-34(44)33(35(3,4)5)40-32(43)21-38-20-26-13-9-14-27(36)17-26;1-5(2,3)4/h6-17,19,24,30-31,33,38,42H,18,20-23,37H2,1-5H3,(H,39,44)(H,40,43);1H3,(H,2,3,4)/t30-,31+,33+;/m0./s1. The van der Waals surface area contributed by atoms with E-state index in [1.165, 1.54) is 28.6 Å². The van der Waals surface area contributed by atoms with E-state index in [1.807, 2.05) is 65.0 Å². The number of nitrogen functional groups attached to an aromatic ring is 1. The Morgan fingerprint density at radius 2 is 1.48 bits per heavy atom. The van der Waals surface area contributed by atoms with Crippen molar-refractivity contribution in [3.63, 3.8) is 0 Å². The Morgan fingerprint density at radius 1 is 0.885 bits per heavy atom. The Labute approximate surface area is 307 Å². The molecule has 3 atom stereocenters. The molecule has 288 valence electrons. The fourth-order valence-electron chi connectivity index (χ4n) is 5.11. The molecular formula is C36H52FN5O8S2. The summed E-state index contributed by atoms with van der Waals surface area (Å²) in [5.41, 5.74) is 6.95. The zero-order chi connectivity index (χ0) is 39.3. The molecule has 0 aliphatic rings. The second-order valence-electron chi connectivity index (χ2n) is 14.0. The summed E-state index contributed by atoms with van der Waals surface area (Å²) in [6.07, 6.45) is -0.382. The number of sulfonamides is 1. The van der Waals surface area contributed by atoms with Gasteiger partial charge in [-0.15, -0.1) is 0 Å². The molecule has 7 N–H and O–H groups in total. The molecule has 16 heteroatoms. The molecule has 0 spiro atoms. The van der Waals surface area contributed by atoms with Crippen LogP contribution in [0.3, 0.4) is 0 Å². The molecule has 3 rings (SSSR count). The zero-order valence-corrected chi connectivity index (χ0v) is 32.0. The van der Waals surface area contributed by atoms with Crippen LogP contribution in [0.1, 0.15) is 45.7 Å². The summed E-state index contributed by atoms with van der Waals surface area (Å²) in [5, 5.41) is 20.3. The summed E-state index contributed by atoms with van der Waals surface area (Å²) in [6.45, 7) is 9.16. The van der Waals surface area contributed by atoms with Crippen molar-refractivity contribution in [2.45, 2.75) is 70.7 Å². The highest BCUT2D eigenvalue weighted by molar-refractivity contribution is 7.89. The molecule has 13 nitrogen and oxygen atoms in total. The lowest BCUT2D eigenvalue weighted by Crippen LogP contribution is -2.59. The molecule has 2 amide bonds.